The van der Waals surface area contributed by atoms with Crippen LogP contribution in [0.4, 0.5) is 17.1 Å². The van der Waals surface area contributed by atoms with Crippen LogP contribution in [0.15, 0.2) is 85.1 Å². The summed E-state index contributed by atoms with van der Waals surface area (Å²) in [5, 5.41) is 1.27. The topological polar surface area (TPSA) is 8.17 Å². The Hall–Kier alpha value is -3.00. The Morgan fingerprint density at radius 3 is 2.14 bits per heavy atom. The number of nitrogens with zero attached hydrogens (tertiary/aromatic N) is 2. The Balaban J connectivity index is 1.93. The summed E-state index contributed by atoms with van der Waals surface area (Å²) >= 11 is 0. The van der Waals surface area contributed by atoms with Crippen LogP contribution < -0.4 is 4.90 Å². The summed E-state index contributed by atoms with van der Waals surface area (Å²) < 4.78 is 2.29. The first kappa shape index (κ1) is 11.6. The van der Waals surface area contributed by atoms with Gasteiger partial charge in [0.25, 0.3) is 0 Å². The van der Waals surface area contributed by atoms with Crippen LogP contribution in [0, 0.1) is 0 Å². The second kappa shape index (κ2) is 4.25. The fourth-order valence-electron chi connectivity index (χ4n) is 3.40. The van der Waals surface area contributed by atoms with Crippen LogP contribution in [0.3, 0.4) is 0 Å². The summed E-state index contributed by atoms with van der Waals surface area (Å²) in [6.45, 7) is 0. The number of hydrogen-bond donors (Lipinski definition) is 0. The van der Waals surface area contributed by atoms with Gasteiger partial charge in [0.15, 0.2) is 0 Å². The fourth-order valence-corrected chi connectivity index (χ4v) is 3.40. The summed E-state index contributed by atoms with van der Waals surface area (Å²) in [7, 11) is 0. The van der Waals surface area contributed by atoms with E-state index in [0.29, 0.717) is 0 Å². The van der Waals surface area contributed by atoms with Crippen LogP contribution in [0.2, 0.25) is 0 Å². The molecule has 0 unspecified atom stereocenters. The van der Waals surface area contributed by atoms with E-state index in [2.05, 4.69) is 94.5 Å². The Morgan fingerprint density at radius 2 is 1.27 bits per heavy atom. The minimum atomic E-state index is 1.19. The summed E-state index contributed by atoms with van der Waals surface area (Å²) in [4.78, 5) is 2.34. The highest BCUT2D eigenvalue weighted by molar-refractivity contribution is 6.02. The first-order valence-electron chi connectivity index (χ1n) is 7.48. The van der Waals surface area contributed by atoms with Crippen molar-refractivity contribution in [3.05, 3.63) is 85.1 Å². The number of anilines is 3. The van der Waals surface area contributed by atoms with Crippen LogP contribution in [0.5, 0.6) is 0 Å². The van der Waals surface area contributed by atoms with E-state index in [0.717, 1.165) is 0 Å². The average Bonchev–Trinajstić information content (AvgIpc) is 3.02. The Bertz CT molecular complexity index is 983. The Labute approximate surface area is 128 Å². The number of rotatable bonds is 1. The van der Waals surface area contributed by atoms with Gasteiger partial charge in [-0.1, -0.05) is 42.5 Å². The van der Waals surface area contributed by atoms with Crippen molar-refractivity contribution >= 4 is 28.0 Å². The van der Waals surface area contributed by atoms with E-state index in [1.54, 1.807) is 0 Å². The van der Waals surface area contributed by atoms with Crippen molar-refractivity contribution in [2.45, 2.75) is 0 Å². The van der Waals surface area contributed by atoms with Crippen molar-refractivity contribution in [2.24, 2.45) is 0 Å². The van der Waals surface area contributed by atoms with Crippen molar-refractivity contribution in [3.63, 3.8) is 0 Å². The van der Waals surface area contributed by atoms with E-state index < -0.39 is 0 Å². The van der Waals surface area contributed by atoms with Gasteiger partial charge in [0, 0.05) is 17.3 Å². The van der Waals surface area contributed by atoms with Gasteiger partial charge in [0.05, 0.1) is 22.6 Å². The number of fused-ring (bicyclic) bond motifs is 2. The summed E-state index contributed by atoms with van der Waals surface area (Å²) in [5.41, 5.74) is 6.12. The fraction of sp³-hybridized carbons (Fsp3) is 0. The molecule has 0 amide bonds. The molecular formula is C20H14N2. The molecule has 2 nitrogen and oxygen atoms in total. The Morgan fingerprint density at radius 1 is 0.545 bits per heavy atom. The molecule has 0 fully saturated rings. The van der Waals surface area contributed by atoms with E-state index in [4.69, 9.17) is 0 Å². The number of hydrogen-bond acceptors (Lipinski definition) is 1. The Kier molecular flexibility index (Phi) is 2.25. The summed E-state index contributed by atoms with van der Waals surface area (Å²) in [6, 6.07) is 27.8. The largest absolute Gasteiger partial charge is 0.313 e. The molecule has 0 radical (unpaired) electrons. The second-order valence-electron chi connectivity index (χ2n) is 5.56. The van der Waals surface area contributed by atoms with E-state index in [1.165, 1.54) is 33.7 Å². The summed E-state index contributed by atoms with van der Waals surface area (Å²) in [6.07, 6.45) is 2.16. The molecule has 22 heavy (non-hydrogen) atoms. The minimum absolute atomic E-state index is 1.19. The lowest BCUT2D eigenvalue weighted by molar-refractivity contribution is 1.08. The van der Waals surface area contributed by atoms with E-state index in [1.807, 2.05) is 0 Å². The van der Waals surface area contributed by atoms with Gasteiger partial charge < -0.3 is 9.47 Å². The average molecular weight is 282 g/mol. The third-order valence-corrected chi connectivity index (χ3v) is 4.33. The van der Waals surface area contributed by atoms with Crippen LogP contribution in [0.1, 0.15) is 0 Å². The zero-order valence-electron chi connectivity index (χ0n) is 12.0. The molecule has 0 saturated heterocycles. The molecule has 1 aliphatic heterocycles. The molecular weight excluding hydrogens is 268 g/mol. The molecule has 1 aromatic heterocycles. The van der Waals surface area contributed by atoms with Gasteiger partial charge in [-0.3, -0.25) is 0 Å². The molecule has 0 aliphatic carbocycles. The van der Waals surface area contributed by atoms with Crippen molar-refractivity contribution in [3.8, 4) is 5.69 Å². The van der Waals surface area contributed by atoms with Crippen molar-refractivity contribution < 1.29 is 0 Å². The lowest BCUT2D eigenvalue weighted by Gasteiger charge is -2.32. The van der Waals surface area contributed by atoms with E-state index in [9.17, 15) is 0 Å². The van der Waals surface area contributed by atoms with Gasteiger partial charge in [-0.25, -0.2) is 0 Å². The van der Waals surface area contributed by atoms with Crippen molar-refractivity contribution in [1.82, 2.24) is 4.57 Å². The zero-order valence-corrected chi connectivity index (χ0v) is 12.0. The second-order valence-corrected chi connectivity index (χ2v) is 5.56. The molecule has 5 rings (SSSR count). The molecule has 3 aromatic carbocycles. The molecule has 0 atom stereocenters. The molecule has 0 spiro atoms. The van der Waals surface area contributed by atoms with E-state index >= 15 is 0 Å². The van der Waals surface area contributed by atoms with Crippen LogP contribution >= 0.6 is 0 Å². The third-order valence-electron chi connectivity index (χ3n) is 4.33. The smallest absolute Gasteiger partial charge is 0.0771 e. The molecule has 0 N–H and O–H groups in total. The maximum atomic E-state index is 2.34. The van der Waals surface area contributed by atoms with Gasteiger partial charge in [-0.2, -0.15) is 0 Å². The lowest BCUT2D eigenvalue weighted by atomic mass is 10.1. The van der Waals surface area contributed by atoms with Gasteiger partial charge in [-0.15, -0.1) is 0 Å². The number of aromatic nitrogens is 1. The predicted molar refractivity (Wildman–Crippen MR) is 91.5 cm³/mol. The molecule has 1 aliphatic rings. The maximum absolute atomic E-state index is 2.34. The van der Waals surface area contributed by atoms with Gasteiger partial charge in [0.1, 0.15) is 0 Å². The lowest BCUT2D eigenvalue weighted by Crippen LogP contribution is -2.17. The number of benzene rings is 3. The highest BCUT2D eigenvalue weighted by Crippen LogP contribution is 2.46. The molecule has 0 bridgehead atoms. The minimum Gasteiger partial charge on any atom is -0.313 e. The normalized spacial score (nSPS) is 12.5. The highest BCUT2D eigenvalue weighted by atomic mass is 15.2. The molecule has 4 aromatic rings. The highest BCUT2D eigenvalue weighted by Gasteiger charge is 2.24. The third kappa shape index (κ3) is 1.44. The maximum Gasteiger partial charge on any atom is 0.0771 e. The van der Waals surface area contributed by atoms with E-state index in [-0.39, 0.29) is 0 Å². The van der Waals surface area contributed by atoms with Crippen LogP contribution in [-0.2, 0) is 0 Å². The predicted octanol–water partition coefficient (Wildman–Crippen LogP) is 5.41. The first-order chi connectivity index (χ1) is 10.9. The van der Waals surface area contributed by atoms with Crippen LogP contribution in [0.25, 0.3) is 16.6 Å². The van der Waals surface area contributed by atoms with Gasteiger partial charge in [0.2, 0.25) is 0 Å². The molecule has 104 valence electrons. The van der Waals surface area contributed by atoms with Crippen LogP contribution in [-0.4, -0.2) is 4.57 Å². The standard InChI is InChI=1S/C20H14N2/c1-2-8-16(9-3-1)22-18-11-5-4-10-17(18)21-14-13-15-7-6-12-19(22)20(15)21/h1-14H. The number of para-hydroxylation sites is 4. The molecule has 2 heterocycles. The monoisotopic (exact) mass is 282 g/mol. The first-order valence-corrected chi connectivity index (χ1v) is 7.48. The van der Waals surface area contributed by atoms with Crippen molar-refractivity contribution in [1.29, 1.82) is 0 Å². The quantitative estimate of drug-likeness (QED) is 0.399. The summed E-state index contributed by atoms with van der Waals surface area (Å²) in [5.74, 6) is 0. The van der Waals surface area contributed by atoms with Gasteiger partial charge >= 0.3 is 0 Å². The molecule has 2 heteroatoms. The molecule has 0 saturated carbocycles. The van der Waals surface area contributed by atoms with Crippen molar-refractivity contribution in [2.75, 3.05) is 4.90 Å². The van der Waals surface area contributed by atoms with Gasteiger partial charge in [-0.05, 0) is 36.4 Å². The SMILES string of the molecule is c1ccc(N2c3ccccc3-n3ccc4cccc2c43)cc1. The zero-order chi connectivity index (χ0) is 14.5.